The van der Waals surface area contributed by atoms with Gasteiger partial charge < -0.3 is 14.7 Å². The van der Waals surface area contributed by atoms with Gasteiger partial charge >= 0.3 is 12.3 Å². The second-order valence-electron chi connectivity index (χ2n) is 8.68. The van der Waals surface area contributed by atoms with Crippen LogP contribution in [0.4, 0.5) is 18.0 Å². The Balaban J connectivity index is 1.77. The summed E-state index contributed by atoms with van der Waals surface area (Å²) in [5.74, 6) is 0. The Morgan fingerprint density at radius 1 is 1.14 bits per heavy atom. The zero-order valence-corrected chi connectivity index (χ0v) is 16.4. The molecule has 0 spiro atoms. The molecule has 2 aliphatic rings. The lowest BCUT2D eigenvalue weighted by Crippen LogP contribution is -2.59. The summed E-state index contributed by atoms with van der Waals surface area (Å²) in [5, 5.41) is 9.97. The van der Waals surface area contributed by atoms with Crippen molar-refractivity contribution in [2.45, 2.75) is 63.6 Å². The Hall–Kier alpha value is -1.80. The molecule has 0 aromatic heterocycles. The first-order chi connectivity index (χ1) is 12.9. The fourth-order valence-electron chi connectivity index (χ4n) is 3.94. The van der Waals surface area contributed by atoms with Gasteiger partial charge in [0.15, 0.2) is 0 Å². The van der Waals surface area contributed by atoms with Crippen molar-refractivity contribution in [2.24, 2.45) is 0 Å². The molecule has 0 saturated carbocycles. The number of hydrogen-bond donors (Lipinski definition) is 1. The average Bonchev–Trinajstić information content (AvgIpc) is 2.91. The fourth-order valence-corrected chi connectivity index (χ4v) is 3.94. The van der Waals surface area contributed by atoms with Crippen molar-refractivity contribution in [3.8, 4) is 0 Å². The number of carbonyl (C=O) groups is 1. The van der Waals surface area contributed by atoms with Gasteiger partial charge in [-0.3, -0.25) is 4.90 Å². The van der Waals surface area contributed by atoms with Crippen LogP contribution in [0.25, 0.3) is 0 Å². The summed E-state index contributed by atoms with van der Waals surface area (Å²) in [6.45, 7) is 6.94. The maximum Gasteiger partial charge on any atom is 0.416 e. The predicted molar refractivity (Wildman–Crippen MR) is 97.9 cm³/mol. The van der Waals surface area contributed by atoms with Crippen LogP contribution in [-0.4, -0.2) is 64.4 Å². The van der Waals surface area contributed by atoms with Crippen molar-refractivity contribution in [1.29, 1.82) is 0 Å². The number of ether oxygens (including phenoxy) is 1. The number of hydrogen-bond acceptors (Lipinski definition) is 4. The predicted octanol–water partition coefficient (Wildman–Crippen LogP) is 3.30. The average molecular weight is 400 g/mol. The Morgan fingerprint density at radius 3 is 2.36 bits per heavy atom. The highest BCUT2D eigenvalue weighted by molar-refractivity contribution is 5.69. The van der Waals surface area contributed by atoms with E-state index in [1.807, 2.05) is 0 Å². The number of amides is 1. The van der Waals surface area contributed by atoms with Gasteiger partial charge in [0.2, 0.25) is 0 Å². The SMILES string of the molecule is CC(C)(C)OC(=O)N1C[C@@H]2C[C@@H](O)CN2C[C@@H]1Cc1ccc(C(F)(F)F)cc1. The van der Waals surface area contributed by atoms with Crippen molar-refractivity contribution in [3.05, 3.63) is 35.4 Å². The number of aliphatic hydroxyl groups is 1. The van der Waals surface area contributed by atoms with Crippen LogP contribution in [0.2, 0.25) is 0 Å². The van der Waals surface area contributed by atoms with Gasteiger partial charge in [0.25, 0.3) is 0 Å². The Morgan fingerprint density at radius 2 is 1.79 bits per heavy atom. The number of carbonyl (C=O) groups excluding carboxylic acids is 1. The van der Waals surface area contributed by atoms with E-state index in [2.05, 4.69) is 4.90 Å². The Kier molecular flexibility index (Phi) is 5.64. The van der Waals surface area contributed by atoms with Crippen molar-refractivity contribution >= 4 is 6.09 Å². The van der Waals surface area contributed by atoms with Crippen LogP contribution in [-0.2, 0) is 17.3 Å². The monoisotopic (exact) mass is 400 g/mol. The zero-order chi connectivity index (χ0) is 20.7. The molecule has 1 aromatic carbocycles. The molecule has 28 heavy (non-hydrogen) atoms. The standard InChI is InChI=1S/C20H27F3N2O3/c1-19(2,3)28-18(27)25-11-15-9-17(26)12-24(15)10-16(25)8-13-4-6-14(7-5-13)20(21,22)23/h4-7,15-17,26H,8-12H2,1-3H3/t15-,16-,17+/m0/s1. The van der Waals surface area contributed by atoms with E-state index in [1.165, 1.54) is 12.1 Å². The number of piperazine rings is 1. The van der Waals surface area contributed by atoms with E-state index in [9.17, 15) is 23.1 Å². The van der Waals surface area contributed by atoms with Crippen LogP contribution >= 0.6 is 0 Å². The molecule has 1 amide bonds. The molecule has 2 fully saturated rings. The molecular formula is C20H27F3N2O3. The smallest absolute Gasteiger partial charge is 0.416 e. The number of benzene rings is 1. The molecule has 8 heteroatoms. The number of aliphatic hydroxyl groups excluding tert-OH is 1. The summed E-state index contributed by atoms with van der Waals surface area (Å²) in [7, 11) is 0. The van der Waals surface area contributed by atoms with Gasteiger partial charge in [0.1, 0.15) is 5.60 Å². The second-order valence-corrected chi connectivity index (χ2v) is 8.68. The van der Waals surface area contributed by atoms with E-state index >= 15 is 0 Å². The summed E-state index contributed by atoms with van der Waals surface area (Å²) in [5.41, 5.74) is -0.598. The maximum absolute atomic E-state index is 12.8. The quantitative estimate of drug-likeness (QED) is 0.828. The highest BCUT2D eigenvalue weighted by Crippen LogP contribution is 2.31. The number of fused-ring (bicyclic) bond motifs is 1. The summed E-state index contributed by atoms with van der Waals surface area (Å²) in [6.07, 6.45) is -4.19. The molecule has 0 aliphatic carbocycles. The van der Waals surface area contributed by atoms with E-state index < -0.39 is 29.5 Å². The third kappa shape index (κ3) is 4.97. The first-order valence-corrected chi connectivity index (χ1v) is 9.50. The first-order valence-electron chi connectivity index (χ1n) is 9.50. The molecule has 0 radical (unpaired) electrons. The molecule has 5 nitrogen and oxygen atoms in total. The fraction of sp³-hybridized carbons (Fsp3) is 0.650. The van der Waals surface area contributed by atoms with E-state index in [1.54, 1.807) is 25.7 Å². The lowest BCUT2D eigenvalue weighted by atomic mass is 9.99. The summed E-state index contributed by atoms with van der Waals surface area (Å²) >= 11 is 0. The van der Waals surface area contributed by atoms with Gasteiger partial charge in [-0.15, -0.1) is 0 Å². The van der Waals surface area contributed by atoms with Gasteiger partial charge in [-0.25, -0.2) is 4.79 Å². The van der Waals surface area contributed by atoms with E-state index in [-0.39, 0.29) is 12.1 Å². The lowest BCUT2D eigenvalue weighted by Gasteiger charge is -2.43. The van der Waals surface area contributed by atoms with Crippen molar-refractivity contribution in [2.75, 3.05) is 19.6 Å². The largest absolute Gasteiger partial charge is 0.444 e. The van der Waals surface area contributed by atoms with Crippen LogP contribution in [0.1, 0.15) is 38.3 Å². The van der Waals surface area contributed by atoms with Crippen LogP contribution in [0.5, 0.6) is 0 Å². The summed E-state index contributed by atoms with van der Waals surface area (Å²) in [6, 6.07) is 4.90. The topological polar surface area (TPSA) is 53.0 Å². The van der Waals surface area contributed by atoms with Crippen molar-refractivity contribution in [3.63, 3.8) is 0 Å². The highest BCUT2D eigenvalue weighted by Gasteiger charge is 2.42. The van der Waals surface area contributed by atoms with Crippen LogP contribution in [0, 0.1) is 0 Å². The molecule has 2 heterocycles. The van der Waals surface area contributed by atoms with Gasteiger partial charge in [0.05, 0.1) is 17.7 Å². The van der Waals surface area contributed by atoms with Crippen molar-refractivity contribution in [1.82, 2.24) is 9.80 Å². The van der Waals surface area contributed by atoms with Crippen LogP contribution in [0.15, 0.2) is 24.3 Å². The number of alkyl halides is 3. The zero-order valence-electron chi connectivity index (χ0n) is 16.4. The molecular weight excluding hydrogens is 373 g/mol. The molecule has 3 atom stereocenters. The summed E-state index contributed by atoms with van der Waals surface area (Å²) in [4.78, 5) is 16.6. The van der Waals surface area contributed by atoms with Gasteiger partial charge in [-0.1, -0.05) is 12.1 Å². The van der Waals surface area contributed by atoms with Crippen molar-refractivity contribution < 1.29 is 27.8 Å². The number of nitrogens with zero attached hydrogens (tertiary/aromatic N) is 2. The minimum Gasteiger partial charge on any atom is -0.444 e. The Bertz CT molecular complexity index is 700. The molecule has 0 bridgehead atoms. The third-order valence-corrected chi connectivity index (χ3v) is 5.18. The number of halogens is 3. The van der Waals surface area contributed by atoms with E-state index in [0.29, 0.717) is 32.5 Å². The summed E-state index contributed by atoms with van der Waals surface area (Å²) < 4.78 is 43.9. The minimum atomic E-state index is -4.37. The normalized spacial score (nSPS) is 26.2. The highest BCUT2D eigenvalue weighted by atomic mass is 19.4. The molecule has 3 rings (SSSR count). The number of rotatable bonds is 2. The van der Waals surface area contributed by atoms with E-state index in [0.717, 1.165) is 17.7 Å². The molecule has 0 unspecified atom stereocenters. The minimum absolute atomic E-state index is 0.0753. The van der Waals surface area contributed by atoms with Gasteiger partial charge in [0, 0.05) is 25.7 Å². The van der Waals surface area contributed by atoms with Crippen LogP contribution < -0.4 is 0 Å². The molecule has 1 N–H and O–H groups in total. The molecule has 2 aliphatic heterocycles. The molecule has 2 saturated heterocycles. The second kappa shape index (κ2) is 7.55. The van der Waals surface area contributed by atoms with E-state index in [4.69, 9.17) is 4.74 Å². The van der Waals surface area contributed by atoms with Gasteiger partial charge in [-0.05, 0) is 51.3 Å². The maximum atomic E-state index is 12.8. The molecule has 156 valence electrons. The lowest BCUT2D eigenvalue weighted by molar-refractivity contribution is -0.137. The first kappa shape index (κ1) is 20.9. The molecule has 1 aromatic rings. The van der Waals surface area contributed by atoms with Gasteiger partial charge in [-0.2, -0.15) is 13.2 Å². The Labute approximate surface area is 163 Å². The third-order valence-electron chi connectivity index (χ3n) is 5.18. The van der Waals surface area contributed by atoms with Crippen LogP contribution in [0.3, 0.4) is 0 Å².